The number of ether oxygens (including phenoxy) is 1. The molecule has 0 aromatic heterocycles. The molecule has 5 heteroatoms. The largest absolute Gasteiger partial charge is 0.399 e. The van der Waals surface area contributed by atoms with Gasteiger partial charge in [-0.15, -0.1) is 0 Å². The van der Waals surface area contributed by atoms with Gasteiger partial charge in [0.1, 0.15) is 6.61 Å². The van der Waals surface area contributed by atoms with Crippen LogP contribution in [0.4, 0.5) is 11.4 Å². The molecule has 3 N–H and O–H groups in total. The summed E-state index contributed by atoms with van der Waals surface area (Å²) in [4.78, 5) is 11.6. The first kappa shape index (κ1) is 14.0. The number of anilines is 2. The zero-order chi connectivity index (χ0) is 13.1. The summed E-state index contributed by atoms with van der Waals surface area (Å²) in [5, 5.41) is 2.73. The van der Waals surface area contributed by atoms with Gasteiger partial charge < -0.3 is 15.8 Å². The predicted molar refractivity (Wildman–Crippen MR) is 72.9 cm³/mol. The van der Waals surface area contributed by atoms with Gasteiger partial charge in [0.15, 0.2) is 0 Å². The molecule has 4 nitrogen and oxygen atoms in total. The van der Waals surface area contributed by atoms with Crippen molar-refractivity contribution < 1.29 is 9.53 Å². The number of nitrogens with one attached hydrogen (secondary N) is 1. The van der Waals surface area contributed by atoms with Crippen molar-refractivity contribution in [3.63, 3.8) is 0 Å². The van der Waals surface area contributed by atoms with Gasteiger partial charge in [0.05, 0.1) is 11.3 Å². The average molecular weight is 301 g/mol. The van der Waals surface area contributed by atoms with Gasteiger partial charge in [-0.25, -0.2) is 0 Å². The fourth-order valence-electron chi connectivity index (χ4n) is 1.11. The molecule has 1 aromatic rings. The summed E-state index contributed by atoms with van der Waals surface area (Å²) in [6.07, 6.45) is 0. The van der Waals surface area contributed by atoms with Crippen LogP contribution >= 0.6 is 15.9 Å². The Hall–Kier alpha value is -1.07. The third-order valence-corrected chi connectivity index (χ3v) is 2.59. The number of rotatable bonds is 3. The van der Waals surface area contributed by atoms with E-state index in [1.54, 1.807) is 18.2 Å². The van der Waals surface area contributed by atoms with Crippen molar-refractivity contribution in [1.82, 2.24) is 0 Å². The molecule has 0 aliphatic carbocycles. The van der Waals surface area contributed by atoms with E-state index in [1.165, 1.54) is 0 Å². The first-order chi connectivity index (χ1) is 7.78. The smallest absolute Gasteiger partial charge is 0.250 e. The van der Waals surface area contributed by atoms with E-state index in [0.29, 0.717) is 11.4 Å². The molecule has 0 spiro atoms. The van der Waals surface area contributed by atoms with Crippen LogP contribution in [-0.2, 0) is 9.53 Å². The summed E-state index contributed by atoms with van der Waals surface area (Å²) < 4.78 is 6.16. The second kappa shape index (κ2) is 5.51. The van der Waals surface area contributed by atoms with Crippen LogP contribution in [0.3, 0.4) is 0 Å². The van der Waals surface area contributed by atoms with Crippen LogP contribution in [-0.4, -0.2) is 18.1 Å². The number of amides is 1. The summed E-state index contributed by atoms with van der Waals surface area (Å²) in [6.45, 7) is 5.72. The molecule has 0 fully saturated rings. The van der Waals surface area contributed by atoms with Crippen LogP contribution in [0.15, 0.2) is 22.7 Å². The van der Waals surface area contributed by atoms with E-state index in [-0.39, 0.29) is 18.1 Å². The number of nitrogen functional groups attached to an aromatic ring is 1. The number of nitrogens with two attached hydrogens (primary N) is 1. The number of carbonyl (C=O) groups excluding carboxylic acids is 1. The number of carbonyl (C=O) groups is 1. The summed E-state index contributed by atoms with van der Waals surface area (Å²) in [7, 11) is 0. The van der Waals surface area contributed by atoms with Gasteiger partial charge in [0, 0.05) is 10.2 Å². The van der Waals surface area contributed by atoms with E-state index < -0.39 is 0 Å². The highest BCUT2D eigenvalue weighted by Crippen LogP contribution is 2.24. The maximum absolute atomic E-state index is 11.6. The molecule has 0 aliphatic heterocycles. The highest BCUT2D eigenvalue weighted by molar-refractivity contribution is 9.10. The number of hydrogen-bond donors (Lipinski definition) is 2. The molecule has 17 heavy (non-hydrogen) atoms. The zero-order valence-corrected chi connectivity index (χ0v) is 11.8. The van der Waals surface area contributed by atoms with E-state index in [1.807, 2.05) is 20.8 Å². The number of benzene rings is 1. The summed E-state index contributed by atoms with van der Waals surface area (Å²) in [6, 6.07) is 5.24. The predicted octanol–water partition coefficient (Wildman–Crippen LogP) is 2.78. The Morgan fingerprint density at radius 2 is 2.12 bits per heavy atom. The van der Waals surface area contributed by atoms with Gasteiger partial charge in [0.25, 0.3) is 0 Å². The van der Waals surface area contributed by atoms with Gasteiger partial charge in [-0.05, 0) is 54.9 Å². The molecule has 1 amide bonds. The summed E-state index contributed by atoms with van der Waals surface area (Å²) in [5.41, 5.74) is 6.56. The lowest BCUT2D eigenvalue weighted by molar-refractivity contribution is -0.125. The Bertz CT molecular complexity index is 413. The first-order valence-corrected chi connectivity index (χ1v) is 6.06. The zero-order valence-electron chi connectivity index (χ0n) is 10.2. The van der Waals surface area contributed by atoms with E-state index >= 15 is 0 Å². The minimum Gasteiger partial charge on any atom is -0.399 e. The van der Waals surface area contributed by atoms with Crippen molar-refractivity contribution in [1.29, 1.82) is 0 Å². The molecule has 0 atom stereocenters. The average Bonchev–Trinajstić information content (AvgIpc) is 2.20. The van der Waals surface area contributed by atoms with Crippen LogP contribution in [0.2, 0.25) is 0 Å². The maximum Gasteiger partial charge on any atom is 0.250 e. The Labute approximate surface area is 110 Å². The van der Waals surface area contributed by atoms with Crippen molar-refractivity contribution in [3.8, 4) is 0 Å². The van der Waals surface area contributed by atoms with Crippen molar-refractivity contribution >= 4 is 33.2 Å². The molecule has 94 valence electrons. The quantitative estimate of drug-likeness (QED) is 0.844. The topological polar surface area (TPSA) is 64.3 Å². The van der Waals surface area contributed by atoms with Gasteiger partial charge in [0.2, 0.25) is 5.91 Å². The van der Waals surface area contributed by atoms with Crippen molar-refractivity contribution in [2.45, 2.75) is 26.4 Å². The Morgan fingerprint density at radius 3 is 2.71 bits per heavy atom. The molecule has 0 unspecified atom stereocenters. The van der Waals surface area contributed by atoms with Crippen molar-refractivity contribution in [2.24, 2.45) is 0 Å². The molecule has 0 saturated heterocycles. The second-order valence-corrected chi connectivity index (χ2v) is 5.54. The molecule has 1 aromatic carbocycles. The van der Waals surface area contributed by atoms with Gasteiger partial charge in [-0.3, -0.25) is 4.79 Å². The molecule has 0 aliphatic rings. The van der Waals surface area contributed by atoms with E-state index in [9.17, 15) is 4.79 Å². The summed E-state index contributed by atoms with van der Waals surface area (Å²) >= 11 is 3.34. The standard InChI is InChI=1S/C12H17BrN2O2/c1-12(2,3)17-7-11(16)15-10-6-8(14)4-5-9(10)13/h4-6H,7,14H2,1-3H3,(H,15,16). The lowest BCUT2D eigenvalue weighted by atomic mass is 10.2. The molecule has 0 radical (unpaired) electrons. The molecular formula is C12H17BrN2O2. The van der Waals surface area contributed by atoms with Crippen molar-refractivity contribution in [3.05, 3.63) is 22.7 Å². The Balaban J connectivity index is 2.59. The van der Waals surface area contributed by atoms with E-state index in [0.717, 1.165) is 4.47 Å². The molecular weight excluding hydrogens is 284 g/mol. The molecule has 0 saturated carbocycles. The lowest BCUT2D eigenvalue weighted by Crippen LogP contribution is -2.27. The fraction of sp³-hybridized carbons (Fsp3) is 0.417. The molecule has 0 heterocycles. The van der Waals surface area contributed by atoms with Crippen LogP contribution in [0.25, 0.3) is 0 Å². The third kappa shape index (κ3) is 5.19. The number of halogens is 1. The van der Waals surface area contributed by atoms with E-state index in [2.05, 4.69) is 21.2 Å². The molecule has 1 rings (SSSR count). The van der Waals surface area contributed by atoms with Crippen molar-refractivity contribution in [2.75, 3.05) is 17.7 Å². The van der Waals surface area contributed by atoms with Crippen LogP contribution < -0.4 is 11.1 Å². The van der Waals surface area contributed by atoms with Gasteiger partial charge in [-0.1, -0.05) is 0 Å². The maximum atomic E-state index is 11.6. The van der Waals surface area contributed by atoms with Crippen LogP contribution in [0.5, 0.6) is 0 Å². The lowest BCUT2D eigenvalue weighted by Gasteiger charge is -2.19. The highest BCUT2D eigenvalue weighted by Gasteiger charge is 2.13. The van der Waals surface area contributed by atoms with Gasteiger partial charge in [-0.2, -0.15) is 0 Å². The van der Waals surface area contributed by atoms with Crippen LogP contribution in [0, 0.1) is 0 Å². The normalized spacial score (nSPS) is 11.3. The second-order valence-electron chi connectivity index (χ2n) is 4.69. The monoisotopic (exact) mass is 300 g/mol. The van der Waals surface area contributed by atoms with Crippen LogP contribution in [0.1, 0.15) is 20.8 Å². The fourth-order valence-corrected chi connectivity index (χ4v) is 1.45. The SMILES string of the molecule is CC(C)(C)OCC(=O)Nc1cc(N)ccc1Br. The third-order valence-electron chi connectivity index (χ3n) is 1.90. The van der Waals surface area contributed by atoms with E-state index in [4.69, 9.17) is 10.5 Å². The Kier molecular flexibility index (Phi) is 4.54. The first-order valence-electron chi connectivity index (χ1n) is 5.27. The molecule has 0 bridgehead atoms. The minimum absolute atomic E-state index is 0.0186. The number of hydrogen-bond acceptors (Lipinski definition) is 3. The minimum atomic E-state index is -0.329. The van der Waals surface area contributed by atoms with Gasteiger partial charge >= 0.3 is 0 Å². The Morgan fingerprint density at radius 1 is 1.47 bits per heavy atom. The summed E-state index contributed by atoms with van der Waals surface area (Å²) in [5.74, 6) is -0.203. The highest BCUT2D eigenvalue weighted by atomic mass is 79.9.